The Morgan fingerprint density at radius 2 is 2.20 bits per heavy atom. The number of rotatable bonds is 2. The maximum Gasteiger partial charge on any atom is 0.396 e. The Morgan fingerprint density at radius 1 is 1.53 bits per heavy atom. The van der Waals surface area contributed by atoms with Gasteiger partial charge in [-0.1, -0.05) is 0 Å². The molecule has 1 heterocycles. The zero-order valence-electron chi connectivity index (χ0n) is 9.52. The minimum atomic E-state index is -0.793. The maximum atomic E-state index is 11.4. The fraction of sp³-hybridized carbons (Fsp3) is 0.800. The lowest BCUT2D eigenvalue weighted by Crippen LogP contribution is -2.42. The highest BCUT2D eigenvalue weighted by Gasteiger charge is 2.26. The summed E-state index contributed by atoms with van der Waals surface area (Å²) in [5.74, 6) is -1.36. The fourth-order valence-electron chi connectivity index (χ4n) is 1.85. The van der Waals surface area contributed by atoms with Gasteiger partial charge in [-0.25, -0.2) is 4.79 Å². The number of hydrogen-bond acceptors (Lipinski definition) is 4. The normalized spacial score (nSPS) is 21.4. The monoisotopic (exact) mass is 214 g/mol. The molecule has 1 saturated heterocycles. The molecule has 0 bridgehead atoms. The second-order valence-electron chi connectivity index (χ2n) is 3.95. The molecule has 5 nitrogen and oxygen atoms in total. The van der Waals surface area contributed by atoms with Gasteiger partial charge in [-0.15, -0.1) is 0 Å². The Bertz CT molecular complexity index is 255. The van der Waals surface area contributed by atoms with Gasteiger partial charge < -0.3 is 14.5 Å². The molecule has 1 amide bonds. The van der Waals surface area contributed by atoms with Gasteiger partial charge >= 0.3 is 11.9 Å². The highest BCUT2D eigenvalue weighted by Crippen LogP contribution is 2.15. The Labute approximate surface area is 90.0 Å². The van der Waals surface area contributed by atoms with Crippen LogP contribution in [0.2, 0.25) is 0 Å². The maximum absolute atomic E-state index is 11.4. The van der Waals surface area contributed by atoms with Crippen LogP contribution in [0.3, 0.4) is 0 Å². The van der Waals surface area contributed by atoms with Crippen molar-refractivity contribution in [2.75, 3.05) is 34.3 Å². The second-order valence-corrected chi connectivity index (χ2v) is 3.95. The predicted molar refractivity (Wildman–Crippen MR) is 55.3 cm³/mol. The Morgan fingerprint density at radius 3 is 2.67 bits per heavy atom. The number of likely N-dealkylation sites (N-methyl/N-ethyl adjacent to an activating group) is 2. The van der Waals surface area contributed by atoms with Crippen LogP contribution in [0.5, 0.6) is 0 Å². The number of ether oxygens (including phenoxy) is 1. The van der Waals surface area contributed by atoms with Crippen molar-refractivity contribution in [3.63, 3.8) is 0 Å². The van der Waals surface area contributed by atoms with Gasteiger partial charge in [0.25, 0.3) is 0 Å². The zero-order valence-corrected chi connectivity index (χ0v) is 9.52. The quantitative estimate of drug-likeness (QED) is 0.468. The molecule has 15 heavy (non-hydrogen) atoms. The van der Waals surface area contributed by atoms with E-state index in [9.17, 15) is 9.59 Å². The Kier molecular flexibility index (Phi) is 4.08. The van der Waals surface area contributed by atoms with Crippen molar-refractivity contribution >= 4 is 11.9 Å². The van der Waals surface area contributed by atoms with Crippen molar-refractivity contribution in [1.82, 2.24) is 9.80 Å². The fourth-order valence-corrected chi connectivity index (χ4v) is 1.85. The molecule has 0 saturated carbocycles. The summed E-state index contributed by atoms with van der Waals surface area (Å²) in [5, 5.41) is 0. The van der Waals surface area contributed by atoms with Gasteiger partial charge in [-0.05, 0) is 26.4 Å². The molecule has 0 aliphatic carbocycles. The van der Waals surface area contributed by atoms with Crippen LogP contribution in [0.25, 0.3) is 0 Å². The molecular formula is C10H18N2O3. The van der Waals surface area contributed by atoms with Crippen molar-refractivity contribution in [3.05, 3.63) is 0 Å². The molecule has 1 fully saturated rings. The van der Waals surface area contributed by atoms with Crippen LogP contribution in [-0.2, 0) is 14.3 Å². The van der Waals surface area contributed by atoms with Crippen LogP contribution < -0.4 is 0 Å². The topological polar surface area (TPSA) is 49.9 Å². The molecule has 86 valence electrons. The summed E-state index contributed by atoms with van der Waals surface area (Å²) >= 11 is 0. The van der Waals surface area contributed by atoms with E-state index in [1.807, 2.05) is 7.05 Å². The SMILES string of the molecule is COC(=O)C(=O)N(C)CC1CCCN1C. The predicted octanol–water partition coefficient (Wildman–Crippen LogP) is -0.288. The van der Waals surface area contributed by atoms with Crippen LogP contribution in [0.1, 0.15) is 12.8 Å². The third-order valence-corrected chi connectivity index (χ3v) is 2.86. The first-order valence-corrected chi connectivity index (χ1v) is 5.10. The molecule has 0 aromatic rings. The minimum Gasteiger partial charge on any atom is -0.462 e. The summed E-state index contributed by atoms with van der Waals surface area (Å²) in [7, 11) is 4.88. The first-order valence-electron chi connectivity index (χ1n) is 5.10. The van der Waals surface area contributed by atoms with Crippen molar-refractivity contribution in [2.24, 2.45) is 0 Å². The molecule has 1 unspecified atom stereocenters. The smallest absolute Gasteiger partial charge is 0.396 e. The van der Waals surface area contributed by atoms with Crippen LogP contribution in [-0.4, -0.2) is 62.0 Å². The van der Waals surface area contributed by atoms with E-state index >= 15 is 0 Å². The molecule has 0 aromatic carbocycles. The van der Waals surface area contributed by atoms with Gasteiger partial charge in [-0.3, -0.25) is 4.79 Å². The Hall–Kier alpha value is -1.10. The number of carbonyl (C=O) groups is 2. The van der Waals surface area contributed by atoms with Crippen LogP contribution >= 0.6 is 0 Å². The average molecular weight is 214 g/mol. The van der Waals surface area contributed by atoms with Crippen molar-refractivity contribution in [1.29, 1.82) is 0 Å². The van der Waals surface area contributed by atoms with E-state index in [0.29, 0.717) is 12.6 Å². The molecule has 0 radical (unpaired) electrons. The molecule has 1 aliphatic heterocycles. The summed E-state index contributed by atoms with van der Waals surface area (Å²) in [4.78, 5) is 26.0. The van der Waals surface area contributed by atoms with Crippen LogP contribution in [0, 0.1) is 0 Å². The molecule has 0 spiro atoms. The van der Waals surface area contributed by atoms with E-state index in [0.717, 1.165) is 19.4 Å². The van der Waals surface area contributed by atoms with Gasteiger partial charge in [0.05, 0.1) is 7.11 Å². The molecule has 1 rings (SSSR count). The lowest BCUT2D eigenvalue weighted by Gasteiger charge is -2.24. The zero-order chi connectivity index (χ0) is 11.4. The second kappa shape index (κ2) is 5.11. The lowest BCUT2D eigenvalue weighted by molar-refractivity contribution is -0.157. The third kappa shape index (κ3) is 2.92. The van der Waals surface area contributed by atoms with E-state index in [4.69, 9.17) is 0 Å². The number of nitrogens with zero attached hydrogens (tertiary/aromatic N) is 2. The third-order valence-electron chi connectivity index (χ3n) is 2.86. The van der Waals surface area contributed by atoms with Gasteiger partial charge in [0.15, 0.2) is 0 Å². The lowest BCUT2D eigenvalue weighted by atomic mass is 10.2. The summed E-state index contributed by atoms with van der Waals surface area (Å²) in [6.07, 6.45) is 2.23. The van der Waals surface area contributed by atoms with Crippen LogP contribution in [0.15, 0.2) is 0 Å². The molecule has 0 N–H and O–H groups in total. The van der Waals surface area contributed by atoms with E-state index in [-0.39, 0.29) is 0 Å². The summed E-state index contributed by atoms with van der Waals surface area (Å²) in [5.41, 5.74) is 0. The summed E-state index contributed by atoms with van der Waals surface area (Å²) in [6.45, 7) is 1.65. The standard InChI is InChI=1S/C10H18N2O3/c1-11-6-4-5-8(11)7-12(2)9(13)10(14)15-3/h8H,4-7H2,1-3H3. The van der Waals surface area contributed by atoms with E-state index < -0.39 is 11.9 Å². The largest absolute Gasteiger partial charge is 0.462 e. The number of esters is 1. The van der Waals surface area contributed by atoms with Gasteiger partial charge in [-0.2, -0.15) is 0 Å². The molecule has 5 heteroatoms. The van der Waals surface area contributed by atoms with Crippen molar-refractivity contribution < 1.29 is 14.3 Å². The number of methoxy groups -OCH3 is 1. The summed E-state index contributed by atoms with van der Waals surface area (Å²) in [6, 6.07) is 0.364. The molecule has 1 atom stereocenters. The minimum absolute atomic E-state index is 0.364. The average Bonchev–Trinajstić information content (AvgIpc) is 2.62. The first-order chi connectivity index (χ1) is 7.06. The van der Waals surface area contributed by atoms with Gasteiger partial charge in [0, 0.05) is 19.6 Å². The van der Waals surface area contributed by atoms with Crippen LogP contribution in [0.4, 0.5) is 0 Å². The van der Waals surface area contributed by atoms with E-state index in [1.54, 1.807) is 7.05 Å². The molecule has 1 aliphatic rings. The number of carbonyl (C=O) groups excluding carboxylic acids is 2. The van der Waals surface area contributed by atoms with E-state index in [1.165, 1.54) is 12.0 Å². The first kappa shape index (κ1) is 12.0. The number of likely N-dealkylation sites (tertiary alicyclic amines) is 1. The van der Waals surface area contributed by atoms with Crippen molar-refractivity contribution in [2.45, 2.75) is 18.9 Å². The number of hydrogen-bond donors (Lipinski definition) is 0. The van der Waals surface area contributed by atoms with E-state index in [2.05, 4.69) is 9.64 Å². The van der Waals surface area contributed by atoms with Gasteiger partial charge in [0.1, 0.15) is 0 Å². The number of amides is 1. The molecular weight excluding hydrogens is 196 g/mol. The molecule has 0 aromatic heterocycles. The highest BCUT2D eigenvalue weighted by atomic mass is 16.5. The summed E-state index contributed by atoms with van der Waals surface area (Å²) < 4.78 is 4.38. The van der Waals surface area contributed by atoms with Crippen molar-refractivity contribution in [3.8, 4) is 0 Å². The highest BCUT2D eigenvalue weighted by molar-refractivity contribution is 6.32. The van der Waals surface area contributed by atoms with Gasteiger partial charge in [0.2, 0.25) is 0 Å². The Balaban J connectivity index is 2.44.